The molecule has 0 radical (unpaired) electrons. The topological polar surface area (TPSA) is 44.0 Å². The van der Waals surface area contributed by atoms with E-state index >= 15 is 0 Å². The molecule has 3 aromatic rings. The van der Waals surface area contributed by atoms with Crippen LogP contribution in [0.4, 0.5) is 0 Å². The van der Waals surface area contributed by atoms with E-state index < -0.39 is 0 Å². The highest BCUT2D eigenvalue weighted by molar-refractivity contribution is 7.18. The lowest BCUT2D eigenvalue weighted by atomic mass is 9.97. The van der Waals surface area contributed by atoms with Crippen LogP contribution in [0, 0.1) is 0 Å². The van der Waals surface area contributed by atoms with Gasteiger partial charge in [0.05, 0.1) is 11.1 Å². The van der Waals surface area contributed by atoms with Crippen LogP contribution in [0.3, 0.4) is 0 Å². The van der Waals surface area contributed by atoms with Gasteiger partial charge >= 0.3 is 5.69 Å². The Labute approximate surface area is 141 Å². The van der Waals surface area contributed by atoms with Crippen molar-refractivity contribution in [2.24, 2.45) is 7.05 Å². The lowest BCUT2D eigenvalue weighted by molar-refractivity contribution is 0.698. The van der Waals surface area contributed by atoms with E-state index in [1.807, 2.05) is 0 Å². The second kappa shape index (κ2) is 5.35. The van der Waals surface area contributed by atoms with E-state index in [9.17, 15) is 9.59 Å². The van der Waals surface area contributed by atoms with Crippen LogP contribution < -0.4 is 11.2 Å². The number of aromatic nitrogens is 2. The van der Waals surface area contributed by atoms with Gasteiger partial charge in [-0.15, -0.1) is 11.3 Å². The van der Waals surface area contributed by atoms with Crippen molar-refractivity contribution < 1.29 is 0 Å². The Bertz CT molecular complexity index is 1050. The maximum absolute atomic E-state index is 13.1. The second-order valence-corrected chi connectivity index (χ2v) is 7.37. The van der Waals surface area contributed by atoms with Gasteiger partial charge in [-0.1, -0.05) is 17.7 Å². The molecule has 2 heterocycles. The molecule has 0 unspecified atom stereocenters. The van der Waals surface area contributed by atoms with Gasteiger partial charge in [0.25, 0.3) is 5.56 Å². The highest BCUT2D eigenvalue weighted by Crippen LogP contribution is 2.33. The molecule has 0 fully saturated rings. The van der Waals surface area contributed by atoms with Gasteiger partial charge < -0.3 is 0 Å². The van der Waals surface area contributed by atoms with E-state index in [-0.39, 0.29) is 11.2 Å². The quantitative estimate of drug-likeness (QED) is 0.678. The van der Waals surface area contributed by atoms with Crippen LogP contribution in [0.1, 0.15) is 23.3 Å². The van der Waals surface area contributed by atoms with Crippen molar-refractivity contribution >= 4 is 33.2 Å². The zero-order chi connectivity index (χ0) is 16.1. The van der Waals surface area contributed by atoms with E-state index in [4.69, 9.17) is 11.6 Å². The number of thiophene rings is 1. The minimum Gasteiger partial charge on any atom is -0.287 e. The predicted octanol–water partition coefficient (Wildman–Crippen LogP) is 3.28. The van der Waals surface area contributed by atoms with Crippen molar-refractivity contribution in [3.63, 3.8) is 0 Å². The summed E-state index contributed by atoms with van der Waals surface area (Å²) in [5, 5.41) is 1.20. The van der Waals surface area contributed by atoms with Gasteiger partial charge in [0.15, 0.2) is 0 Å². The molecule has 2 aromatic heterocycles. The average molecular weight is 347 g/mol. The summed E-state index contributed by atoms with van der Waals surface area (Å²) in [5.74, 6) is 0. The van der Waals surface area contributed by atoms with Crippen LogP contribution in [-0.4, -0.2) is 9.13 Å². The molecule has 1 aliphatic rings. The Morgan fingerprint density at radius 3 is 2.74 bits per heavy atom. The Balaban J connectivity index is 2.14. The van der Waals surface area contributed by atoms with E-state index in [0.29, 0.717) is 16.1 Å². The lowest BCUT2D eigenvalue weighted by Crippen LogP contribution is -2.37. The third kappa shape index (κ3) is 2.18. The van der Waals surface area contributed by atoms with E-state index in [1.54, 1.807) is 47.2 Å². The summed E-state index contributed by atoms with van der Waals surface area (Å²) in [6.07, 6.45) is 4.16. The van der Waals surface area contributed by atoms with Crippen molar-refractivity contribution in [3.05, 3.63) is 60.6 Å². The van der Waals surface area contributed by atoms with Crippen LogP contribution in [0.25, 0.3) is 15.9 Å². The van der Waals surface area contributed by atoms with Crippen LogP contribution in [0.2, 0.25) is 5.02 Å². The lowest BCUT2D eigenvalue weighted by Gasteiger charge is -2.11. The molecule has 0 spiro atoms. The van der Waals surface area contributed by atoms with Gasteiger partial charge in [-0.3, -0.25) is 9.36 Å². The number of fused-ring (bicyclic) bond motifs is 3. The molecule has 0 N–H and O–H groups in total. The smallest absolute Gasteiger partial charge is 0.287 e. The first kappa shape index (κ1) is 14.7. The first-order valence-corrected chi connectivity index (χ1v) is 8.79. The van der Waals surface area contributed by atoms with Crippen molar-refractivity contribution in [3.8, 4) is 5.69 Å². The van der Waals surface area contributed by atoms with E-state index in [2.05, 4.69) is 0 Å². The normalized spacial score (nSPS) is 14.2. The molecule has 23 heavy (non-hydrogen) atoms. The fraction of sp³-hybridized carbons (Fsp3) is 0.294. The first-order valence-electron chi connectivity index (χ1n) is 7.60. The average Bonchev–Trinajstić information content (AvgIpc) is 2.93. The Hall–Kier alpha value is -1.85. The fourth-order valence-corrected chi connectivity index (χ4v) is 4.81. The summed E-state index contributed by atoms with van der Waals surface area (Å²) < 4.78 is 2.82. The summed E-state index contributed by atoms with van der Waals surface area (Å²) in [6.45, 7) is 0. The van der Waals surface area contributed by atoms with Gasteiger partial charge in [-0.25, -0.2) is 9.36 Å². The molecule has 118 valence electrons. The van der Waals surface area contributed by atoms with Crippen molar-refractivity contribution in [2.75, 3.05) is 0 Å². The zero-order valence-corrected chi connectivity index (χ0v) is 14.2. The van der Waals surface area contributed by atoms with Crippen molar-refractivity contribution in [1.82, 2.24) is 9.13 Å². The SMILES string of the molecule is Cn1c(=O)n(-c2cccc(Cl)c2)c(=O)c2c3c(sc21)CCCC3. The Morgan fingerprint density at radius 2 is 1.96 bits per heavy atom. The summed E-state index contributed by atoms with van der Waals surface area (Å²) >= 11 is 7.61. The van der Waals surface area contributed by atoms with Gasteiger partial charge in [-0.05, 0) is 49.4 Å². The number of rotatable bonds is 1. The predicted molar refractivity (Wildman–Crippen MR) is 94.3 cm³/mol. The standard InChI is InChI=1S/C17H15ClN2O2S/c1-19-16-14(12-7-2-3-8-13(12)23-16)15(21)20(17(19)22)11-6-4-5-10(18)9-11/h4-6,9H,2-3,7-8H2,1H3. The molecular formula is C17H15ClN2O2S. The monoisotopic (exact) mass is 346 g/mol. The minimum absolute atomic E-state index is 0.232. The molecule has 0 aliphatic heterocycles. The number of benzene rings is 1. The highest BCUT2D eigenvalue weighted by Gasteiger charge is 2.22. The van der Waals surface area contributed by atoms with Gasteiger partial charge in [0, 0.05) is 16.9 Å². The molecule has 0 amide bonds. The van der Waals surface area contributed by atoms with E-state index in [0.717, 1.165) is 36.1 Å². The number of hydrogen-bond donors (Lipinski definition) is 0. The molecule has 4 nitrogen and oxygen atoms in total. The number of nitrogens with zero attached hydrogens (tertiary/aromatic N) is 2. The van der Waals surface area contributed by atoms with Crippen LogP contribution in [0.5, 0.6) is 0 Å². The molecule has 0 bridgehead atoms. The summed E-state index contributed by atoms with van der Waals surface area (Å²) in [5.41, 5.74) is 1.08. The molecule has 4 rings (SSSR count). The molecule has 6 heteroatoms. The Kier molecular flexibility index (Phi) is 3.43. The van der Waals surface area contributed by atoms with Gasteiger partial charge in [0.2, 0.25) is 0 Å². The number of hydrogen-bond acceptors (Lipinski definition) is 3. The zero-order valence-electron chi connectivity index (χ0n) is 12.6. The van der Waals surface area contributed by atoms with Crippen LogP contribution >= 0.6 is 22.9 Å². The number of halogens is 1. The summed E-state index contributed by atoms with van der Waals surface area (Å²) in [7, 11) is 1.73. The molecular weight excluding hydrogens is 332 g/mol. The van der Waals surface area contributed by atoms with Crippen LogP contribution in [-0.2, 0) is 19.9 Å². The van der Waals surface area contributed by atoms with Gasteiger partial charge in [0.1, 0.15) is 4.83 Å². The fourth-order valence-electron chi connectivity index (χ4n) is 3.29. The highest BCUT2D eigenvalue weighted by atomic mass is 35.5. The molecule has 1 aromatic carbocycles. The van der Waals surface area contributed by atoms with E-state index in [1.165, 1.54) is 9.44 Å². The molecule has 0 saturated carbocycles. The third-order valence-electron chi connectivity index (χ3n) is 4.42. The molecule has 0 saturated heterocycles. The molecule has 0 atom stereocenters. The van der Waals surface area contributed by atoms with Crippen molar-refractivity contribution in [1.29, 1.82) is 0 Å². The third-order valence-corrected chi connectivity index (χ3v) is 6.02. The summed E-state index contributed by atoms with van der Waals surface area (Å²) in [4.78, 5) is 27.8. The van der Waals surface area contributed by atoms with Crippen LogP contribution in [0.15, 0.2) is 33.9 Å². The summed E-state index contributed by atoms with van der Waals surface area (Å²) in [6, 6.07) is 6.86. The maximum atomic E-state index is 13.1. The first-order chi connectivity index (χ1) is 11.1. The molecule has 1 aliphatic carbocycles. The largest absolute Gasteiger partial charge is 0.336 e. The van der Waals surface area contributed by atoms with Gasteiger partial charge in [-0.2, -0.15) is 0 Å². The minimum atomic E-state index is -0.330. The van der Waals surface area contributed by atoms with Crippen molar-refractivity contribution in [2.45, 2.75) is 25.7 Å². The maximum Gasteiger partial charge on any atom is 0.336 e. The second-order valence-electron chi connectivity index (χ2n) is 5.85. The Morgan fingerprint density at radius 1 is 1.17 bits per heavy atom. The number of aryl methyl sites for hydroxylation is 3.